The Bertz CT molecular complexity index is 1050. The van der Waals surface area contributed by atoms with Gasteiger partial charge < -0.3 is 9.84 Å². The van der Waals surface area contributed by atoms with Gasteiger partial charge in [0.05, 0.1) is 18.2 Å². The molecule has 1 aliphatic rings. The lowest BCUT2D eigenvalue weighted by atomic mass is 9.97. The van der Waals surface area contributed by atoms with Crippen LogP contribution in [0.5, 0.6) is 11.5 Å². The van der Waals surface area contributed by atoms with E-state index in [1.165, 1.54) is 34.6 Å². The van der Waals surface area contributed by atoms with Gasteiger partial charge in [-0.15, -0.1) is 11.3 Å². The van der Waals surface area contributed by atoms with E-state index < -0.39 is 0 Å². The molecule has 3 aromatic rings. The Morgan fingerprint density at radius 1 is 1.38 bits per heavy atom. The van der Waals surface area contributed by atoms with Crippen LogP contribution in [0.15, 0.2) is 34.4 Å². The third-order valence-corrected chi connectivity index (χ3v) is 5.69. The molecule has 0 radical (unpaired) electrons. The number of hydrogen-bond acceptors (Lipinski definition) is 6. The summed E-state index contributed by atoms with van der Waals surface area (Å²) in [6.07, 6.45) is 7.13. The van der Waals surface area contributed by atoms with Crippen molar-refractivity contribution in [3.05, 3.63) is 50.9 Å². The maximum absolute atomic E-state index is 12.8. The number of benzene rings is 1. The van der Waals surface area contributed by atoms with Crippen LogP contribution in [0.1, 0.15) is 35.8 Å². The van der Waals surface area contributed by atoms with Crippen LogP contribution in [0.3, 0.4) is 0 Å². The Morgan fingerprint density at radius 2 is 2.23 bits per heavy atom. The third kappa shape index (κ3) is 2.99. The van der Waals surface area contributed by atoms with Gasteiger partial charge in [0.1, 0.15) is 22.7 Å². The Kier molecular flexibility index (Phi) is 4.46. The highest BCUT2D eigenvalue weighted by Crippen LogP contribution is 2.33. The van der Waals surface area contributed by atoms with Gasteiger partial charge in [-0.2, -0.15) is 9.78 Å². The van der Waals surface area contributed by atoms with Gasteiger partial charge in [0.25, 0.3) is 5.56 Å². The molecule has 1 aliphatic carbocycles. The van der Waals surface area contributed by atoms with Gasteiger partial charge in [-0.1, -0.05) is 0 Å². The predicted octanol–water partition coefficient (Wildman–Crippen LogP) is 3.32. The summed E-state index contributed by atoms with van der Waals surface area (Å²) in [4.78, 5) is 19.3. The summed E-state index contributed by atoms with van der Waals surface area (Å²) in [7, 11) is 0. The van der Waals surface area contributed by atoms with E-state index in [2.05, 4.69) is 10.1 Å². The number of aryl methyl sites for hydroxylation is 2. The summed E-state index contributed by atoms with van der Waals surface area (Å²) in [5, 5.41) is 15.0. The Hall–Kier alpha value is -2.67. The predicted molar refractivity (Wildman–Crippen MR) is 103 cm³/mol. The first-order chi connectivity index (χ1) is 12.7. The molecule has 6 nitrogen and oxygen atoms in total. The van der Waals surface area contributed by atoms with Crippen LogP contribution in [0.2, 0.25) is 0 Å². The fourth-order valence-corrected chi connectivity index (χ4v) is 4.45. The zero-order valence-electron chi connectivity index (χ0n) is 14.4. The van der Waals surface area contributed by atoms with E-state index >= 15 is 0 Å². The largest absolute Gasteiger partial charge is 0.507 e. The summed E-state index contributed by atoms with van der Waals surface area (Å²) < 4.78 is 6.58. The van der Waals surface area contributed by atoms with Crippen molar-refractivity contribution >= 4 is 27.8 Å². The summed E-state index contributed by atoms with van der Waals surface area (Å²) >= 11 is 1.62. The first-order valence-corrected chi connectivity index (χ1v) is 9.51. The number of aromatic hydroxyl groups is 1. The van der Waals surface area contributed by atoms with Crippen LogP contribution in [-0.4, -0.2) is 27.6 Å². The quantitative estimate of drug-likeness (QED) is 0.716. The van der Waals surface area contributed by atoms with Gasteiger partial charge in [-0.05, 0) is 50.3 Å². The first-order valence-electron chi connectivity index (χ1n) is 8.69. The monoisotopic (exact) mass is 369 g/mol. The summed E-state index contributed by atoms with van der Waals surface area (Å²) in [5.74, 6) is 0.641. The number of fused-ring (bicyclic) bond motifs is 3. The average Bonchev–Trinajstić information content (AvgIpc) is 3.02. The second-order valence-corrected chi connectivity index (χ2v) is 7.27. The summed E-state index contributed by atoms with van der Waals surface area (Å²) in [5.41, 5.74) is 1.49. The van der Waals surface area contributed by atoms with Gasteiger partial charge >= 0.3 is 0 Å². The lowest BCUT2D eigenvalue weighted by molar-refractivity contribution is 0.337. The van der Waals surface area contributed by atoms with Gasteiger partial charge in [-0.3, -0.25) is 4.79 Å². The molecule has 1 N–H and O–H groups in total. The van der Waals surface area contributed by atoms with Gasteiger partial charge in [0.2, 0.25) is 0 Å². The van der Waals surface area contributed by atoms with Gasteiger partial charge in [0.15, 0.2) is 0 Å². The zero-order chi connectivity index (χ0) is 18.1. The van der Waals surface area contributed by atoms with Crippen molar-refractivity contribution in [1.29, 1.82) is 0 Å². The maximum atomic E-state index is 12.8. The normalized spacial score (nSPS) is 14.0. The number of aromatic nitrogens is 2. The molecule has 0 saturated carbocycles. The minimum atomic E-state index is -0.156. The van der Waals surface area contributed by atoms with E-state index in [1.807, 2.05) is 6.92 Å². The molecule has 4 rings (SSSR count). The van der Waals surface area contributed by atoms with E-state index in [-0.39, 0.29) is 11.3 Å². The van der Waals surface area contributed by atoms with E-state index in [0.717, 1.165) is 29.7 Å². The van der Waals surface area contributed by atoms with Crippen LogP contribution in [0, 0.1) is 0 Å². The number of phenols is 1. The first kappa shape index (κ1) is 16.8. The number of nitrogens with zero attached hydrogens (tertiary/aromatic N) is 3. The van der Waals surface area contributed by atoms with E-state index in [9.17, 15) is 9.90 Å². The van der Waals surface area contributed by atoms with Crippen LogP contribution in [0.4, 0.5) is 0 Å². The van der Waals surface area contributed by atoms with Crippen LogP contribution in [0.25, 0.3) is 10.2 Å². The molecule has 0 bridgehead atoms. The fraction of sp³-hybridized carbons (Fsp3) is 0.316. The molecule has 0 atom stereocenters. The molecule has 0 saturated heterocycles. The van der Waals surface area contributed by atoms with Crippen molar-refractivity contribution < 1.29 is 9.84 Å². The lowest BCUT2D eigenvalue weighted by Crippen LogP contribution is -2.18. The zero-order valence-corrected chi connectivity index (χ0v) is 15.3. The molecule has 0 spiro atoms. The second kappa shape index (κ2) is 6.92. The maximum Gasteiger partial charge on any atom is 0.282 e. The van der Waals surface area contributed by atoms with Crippen LogP contribution in [-0.2, 0) is 12.8 Å². The average molecular weight is 369 g/mol. The molecule has 0 unspecified atom stereocenters. The number of ether oxygens (including phenoxy) is 1. The molecule has 134 valence electrons. The number of hydrogen-bond donors (Lipinski definition) is 1. The van der Waals surface area contributed by atoms with Crippen LogP contribution < -0.4 is 10.3 Å². The fourth-order valence-electron chi connectivity index (χ4n) is 3.23. The highest BCUT2D eigenvalue weighted by Gasteiger charge is 2.19. The Balaban J connectivity index is 1.70. The molecular weight excluding hydrogens is 350 g/mol. The van der Waals surface area contributed by atoms with Crippen molar-refractivity contribution in [1.82, 2.24) is 9.66 Å². The van der Waals surface area contributed by atoms with E-state index in [0.29, 0.717) is 23.3 Å². The van der Waals surface area contributed by atoms with Crippen molar-refractivity contribution in [2.45, 2.75) is 32.6 Å². The topological polar surface area (TPSA) is 76.7 Å². The van der Waals surface area contributed by atoms with E-state index in [4.69, 9.17) is 4.74 Å². The standard InChI is InChI=1S/C19H19N3O3S/c1-2-25-13-8-7-12(15(23)9-13)10-21-22-11-20-18-17(19(22)24)14-5-3-4-6-16(14)26-18/h7-11,23H,2-6H2,1H3. The number of rotatable bonds is 4. The molecule has 0 amide bonds. The number of phenolic OH excluding ortho intramolecular Hbond substituents is 1. The minimum Gasteiger partial charge on any atom is -0.507 e. The van der Waals surface area contributed by atoms with Gasteiger partial charge in [0, 0.05) is 16.5 Å². The van der Waals surface area contributed by atoms with Crippen molar-refractivity contribution in [3.8, 4) is 11.5 Å². The minimum absolute atomic E-state index is 0.0506. The third-order valence-electron chi connectivity index (χ3n) is 4.49. The number of thiophene rings is 1. The Morgan fingerprint density at radius 3 is 3.04 bits per heavy atom. The van der Waals surface area contributed by atoms with Crippen molar-refractivity contribution in [3.63, 3.8) is 0 Å². The molecular formula is C19H19N3O3S. The molecule has 26 heavy (non-hydrogen) atoms. The molecule has 7 heteroatoms. The Labute approximate surface area is 154 Å². The molecule has 1 aromatic carbocycles. The highest BCUT2D eigenvalue weighted by molar-refractivity contribution is 7.18. The molecule has 0 aliphatic heterocycles. The SMILES string of the molecule is CCOc1ccc(C=Nn2cnc3sc4c(c3c2=O)CCCC4)c(O)c1. The van der Waals surface area contributed by atoms with Crippen LogP contribution >= 0.6 is 11.3 Å². The highest BCUT2D eigenvalue weighted by atomic mass is 32.1. The van der Waals surface area contributed by atoms with Crippen molar-refractivity contribution in [2.24, 2.45) is 5.10 Å². The van der Waals surface area contributed by atoms with Gasteiger partial charge in [-0.25, -0.2) is 4.98 Å². The van der Waals surface area contributed by atoms with E-state index in [1.54, 1.807) is 23.5 Å². The summed E-state index contributed by atoms with van der Waals surface area (Å²) in [6, 6.07) is 4.99. The second-order valence-electron chi connectivity index (χ2n) is 6.18. The lowest BCUT2D eigenvalue weighted by Gasteiger charge is -2.09. The molecule has 2 heterocycles. The molecule has 2 aromatic heterocycles. The molecule has 0 fully saturated rings. The smallest absolute Gasteiger partial charge is 0.282 e. The van der Waals surface area contributed by atoms with Crippen molar-refractivity contribution in [2.75, 3.05) is 6.61 Å². The summed E-state index contributed by atoms with van der Waals surface area (Å²) in [6.45, 7) is 2.41.